The Morgan fingerprint density at radius 2 is 1.69 bits per heavy atom. The Hall–Kier alpha value is -3.78. The number of methoxy groups -OCH3 is 1. The number of aromatic nitrogens is 2. The summed E-state index contributed by atoms with van der Waals surface area (Å²) in [5.74, 6) is 0.631. The number of anilines is 2. The van der Waals surface area contributed by atoms with Gasteiger partial charge in [0.25, 0.3) is 5.91 Å². The van der Waals surface area contributed by atoms with Crippen molar-refractivity contribution in [3.05, 3.63) is 72.6 Å². The van der Waals surface area contributed by atoms with Gasteiger partial charge < -0.3 is 20.1 Å². The van der Waals surface area contributed by atoms with Crippen molar-refractivity contribution in [1.29, 1.82) is 0 Å². The van der Waals surface area contributed by atoms with Crippen LogP contribution in [-0.4, -0.2) is 28.9 Å². The molecule has 0 saturated heterocycles. The highest BCUT2D eigenvalue weighted by atomic mass is 16.5. The predicted octanol–water partition coefficient (Wildman–Crippen LogP) is 3.55. The number of nitrogens with one attached hydrogen (secondary N) is 2. The third-order valence-electron chi connectivity index (χ3n) is 3.87. The minimum absolute atomic E-state index is 0.236. The molecule has 2 amide bonds. The van der Waals surface area contributed by atoms with Crippen LogP contribution in [0.25, 0.3) is 0 Å². The fourth-order valence-corrected chi connectivity index (χ4v) is 2.60. The second-order valence-electron chi connectivity index (χ2n) is 6.06. The number of carbonyl (C=O) groups excluding carboxylic acids is 2. The molecule has 2 aromatic carbocycles. The Kier molecular flexibility index (Phi) is 6.49. The molecule has 0 radical (unpaired) electrons. The molecule has 0 aliphatic heterocycles. The largest absolute Gasteiger partial charge is 0.439 e. The van der Waals surface area contributed by atoms with E-state index in [9.17, 15) is 9.59 Å². The second kappa shape index (κ2) is 9.43. The molecule has 1 aromatic heterocycles. The molecule has 29 heavy (non-hydrogen) atoms. The van der Waals surface area contributed by atoms with Crippen molar-refractivity contribution in [2.75, 3.05) is 17.7 Å². The molecule has 0 aliphatic rings. The van der Waals surface area contributed by atoms with Gasteiger partial charge in [0.1, 0.15) is 17.9 Å². The third kappa shape index (κ3) is 5.60. The number of amides is 2. The lowest BCUT2D eigenvalue weighted by Crippen LogP contribution is -2.22. The van der Waals surface area contributed by atoms with Crippen molar-refractivity contribution in [1.82, 2.24) is 9.97 Å². The van der Waals surface area contributed by atoms with Gasteiger partial charge in [0, 0.05) is 25.8 Å². The van der Waals surface area contributed by atoms with E-state index >= 15 is 0 Å². The maximum Gasteiger partial charge on any atom is 0.258 e. The highest BCUT2D eigenvalue weighted by Gasteiger charge is 2.19. The molecular weight excluding hydrogens is 372 g/mol. The summed E-state index contributed by atoms with van der Waals surface area (Å²) in [7, 11) is 1.49. The van der Waals surface area contributed by atoms with Crippen molar-refractivity contribution in [3.8, 4) is 11.6 Å². The summed E-state index contributed by atoms with van der Waals surface area (Å²) in [6.45, 7) is 1.39. The van der Waals surface area contributed by atoms with E-state index < -0.39 is 6.10 Å². The van der Waals surface area contributed by atoms with E-state index in [1.54, 1.807) is 24.3 Å². The first-order valence-corrected chi connectivity index (χ1v) is 8.81. The fourth-order valence-electron chi connectivity index (χ4n) is 2.60. The molecule has 1 heterocycles. The smallest absolute Gasteiger partial charge is 0.258 e. The molecule has 3 rings (SSSR count). The van der Waals surface area contributed by atoms with E-state index in [-0.39, 0.29) is 17.7 Å². The van der Waals surface area contributed by atoms with Gasteiger partial charge in [-0.2, -0.15) is 0 Å². The summed E-state index contributed by atoms with van der Waals surface area (Å²) < 4.78 is 11.0. The number of nitrogens with zero attached hydrogens (tertiary/aromatic N) is 2. The lowest BCUT2D eigenvalue weighted by atomic mass is 10.1. The third-order valence-corrected chi connectivity index (χ3v) is 3.87. The second-order valence-corrected chi connectivity index (χ2v) is 6.06. The molecule has 0 spiro atoms. The number of hydrogen-bond donors (Lipinski definition) is 2. The normalized spacial score (nSPS) is 11.4. The van der Waals surface area contributed by atoms with Gasteiger partial charge in [-0.3, -0.25) is 9.59 Å². The number of carbonyl (C=O) groups is 2. The minimum atomic E-state index is -0.708. The number of hydrogen-bond acceptors (Lipinski definition) is 6. The molecule has 0 bridgehead atoms. The van der Waals surface area contributed by atoms with Crippen LogP contribution < -0.4 is 15.4 Å². The Morgan fingerprint density at radius 1 is 0.966 bits per heavy atom. The highest BCUT2D eigenvalue weighted by Crippen LogP contribution is 2.24. The van der Waals surface area contributed by atoms with E-state index in [1.165, 1.54) is 26.4 Å². The average molecular weight is 392 g/mol. The van der Waals surface area contributed by atoms with E-state index in [4.69, 9.17) is 9.47 Å². The number of rotatable bonds is 7. The van der Waals surface area contributed by atoms with Gasteiger partial charge in [0.2, 0.25) is 11.8 Å². The maximum absolute atomic E-state index is 12.5. The molecule has 148 valence electrons. The van der Waals surface area contributed by atoms with Crippen molar-refractivity contribution in [2.45, 2.75) is 13.0 Å². The monoisotopic (exact) mass is 392 g/mol. The summed E-state index contributed by atoms with van der Waals surface area (Å²) in [5.41, 5.74) is 1.37. The Balaban J connectivity index is 1.64. The maximum atomic E-state index is 12.5. The predicted molar refractivity (Wildman–Crippen MR) is 108 cm³/mol. The van der Waals surface area contributed by atoms with Crippen molar-refractivity contribution in [2.24, 2.45) is 0 Å². The summed E-state index contributed by atoms with van der Waals surface area (Å²) in [5, 5.41) is 5.38. The summed E-state index contributed by atoms with van der Waals surface area (Å²) in [6.07, 6.45) is 0.587. The van der Waals surface area contributed by atoms with Crippen LogP contribution >= 0.6 is 0 Å². The molecule has 1 atom stereocenters. The lowest BCUT2D eigenvalue weighted by Gasteiger charge is -2.16. The van der Waals surface area contributed by atoms with Crippen LogP contribution in [0.15, 0.2) is 67.0 Å². The molecule has 8 heteroatoms. The van der Waals surface area contributed by atoms with Crippen LogP contribution in [0, 0.1) is 0 Å². The molecule has 0 unspecified atom stereocenters. The van der Waals surface area contributed by atoms with Crippen molar-refractivity contribution >= 4 is 23.3 Å². The van der Waals surface area contributed by atoms with Crippen molar-refractivity contribution < 1.29 is 19.1 Å². The Morgan fingerprint density at radius 3 is 2.34 bits per heavy atom. The van der Waals surface area contributed by atoms with E-state index in [0.717, 1.165) is 5.56 Å². The van der Waals surface area contributed by atoms with Gasteiger partial charge in [0.15, 0.2) is 6.10 Å². The standard InChI is InChI=1S/C21H20N4O4/c1-14(26)24-18-12-19(23-13-22-18)29-17-10-8-16(9-11-17)25-21(27)20(28-2)15-6-4-3-5-7-15/h3-13,20H,1-2H3,(H,25,27)(H,22,23,24,26)/t20-/m0/s1. The van der Waals surface area contributed by atoms with Crippen molar-refractivity contribution in [3.63, 3.8) is 0 Å². The number of benzene rings is 2. The zero-order valence-corrected chi connectivity index (χ0v) is 16.0. The molecule has 8 nitrogen and oxygen atoms in total. The molecule has 2 N–H and O–H groups in total. The SMILES string of the molecule is CO[C@H](C(=O)Nc1ccc(Oc2cc(NC(C)=O)ncn2)cc1)c1ccccc1. The summed E-state index contributed by atoms with van der Waals surface area (Å²) >= 11 is 0. The molecule has 3 aromatic rings. The lowest BCUT2D eigenvalue weighted by molar-refractivity contribution is -0.126. The van der Waals surface area contributed by atoms with Crippen LogP contribution in [-0.2, 0) is 14.3 Å². The van der Waals surface area contributed by atoms with Crippen LogP contribution in [0.4, 0.5) is 11.5 Å². The van der Waals surface area contributed by atoms with Gasteiger partial charge in [0.05, 0.1) is 0 Å². The van der Waals surface area contributed by atoms with Gasteiger partial charge in [-0.05, 0) is 29.8 Å². The fraction of sp³-hybridized carbons (Fsp3) is 0.143. The van der Waals surface area contributed by atoms with Crippen LogP contribution in [0.1, 0.15) is 18.6 Å². The number of ether oxygens (including phenoxy) is 2. The topological polar surface area (TPSA) is 102 Å². The van der Waals surface area contributed by atoms with Crippen LogP contribution in [0.2, 0.25) is 0 Å². The van der Waals surface area contributed by atoms with Gasteiger partial charge >= 0.3 is 0 Å². The zero-order chi connectivity index (χ0) is 20.6. The van der Waals surface area contributed by atoms with E-state index in [2.05, 4.69) is 20.6 Å². The quantitative estimate of drug-likeness (QED) is 0.637. The molecule has 0 saturated carbocycles. The molecule has 0 aliphatic carbocycles. The van der Waals surface area contributed by atoms with Crippen LogP contribution in [0.5, 0.6) is 11.6 Å². The Bertz CT molecular complexity index is 977. The first kappa shape index (κ1) is 20.0. The zero-order valence-electron chi connectivity index (χ0n) is 16.0. The highest BCUT2D eigenvalue weighted by molar-refractivity contribution is 5.94. The average Bonchev–Trinajstić information content (AvgIpc) is 2.71. The summed E-state index contributed by atoms with van der Waals surface area (Å²) in [4.78, 5) is 31.6. The first-order chi connectivity index (χ1) is 14.0. The molecular formula is C21H20N4O4. The van der Waals surface area contributed by atoms with Gasteiger partial charge in [-0.25, -0.2) is 9.97 Å². The van der Waals surface area contributed by atoms with E-state index in [0.29, 0.717) is 17.3 Å². The van der Waals surface area contributed by atoms with Gasteiger partial charge in [-0.15, -0.1) is 0 Å². The van der Waals surface area contributed by atoms with Gasteiger partial charge in [-0.1, -0.05) is 30.3 Å². The Labute approximate surface area is 167 Å². The first-order valence-electron chi connectivity index (χ1n) is 8.81. The summed E-state index contributed by atoms with van der Waals surface area (Å²) in [6, 6.07) is 17.6. The van der Waals surface area contributed by atoms with E-state index in [1.807, 2.05) is 30.3 Å². The molecule has 0 fully saturated rings. The van der Waals surface area contributed by atoms with Crippen LogP contribution in [0.3, 0.4) is 0 Å². The minimum Gasteiger partial charge on any atom is -0.439 e.